The summed E-state index contributed by atoms with van der Waals surface area (Å²) in [6, 6.07) is 19.4. The van der Waals surface area contributed by atoms with Crippen LogP contribution in [0.25, 0.3) is 0 Å². The monoisotopic (exact) mass is 346 g/mol. The van der Waals surface area contributed by atoms with Crippen molar-refractivity contribution in [2.45, 2.75) is 63.3 Å². The predicted octanol–water partition coefficient (Wildman–Crippen LogP) is 4.27. The minimum atomic E-state index is -0.890. The fourth-order valence-electron chi connectivity index (χ4n) is 5.16. The highest BCUT2D eigenvalue weighted by molar-refractivity contribution is 5.46. The molecule has 0 amide bonds. The molecule has 2 heterocycles. The minimum absolute atomic E-state index is 0.374. The van der Waals surface area contributed by atoms with Gasteiger partial charge in [0.25, 0.3) is 0 Å². The summed E-state index contributed by atoms with van der Waals surface area (Å²) in [5, 5.41) is 21.2. The summed E-state index contributed by atoms with van der Waals surface area (Å²) in [4.78, 5) is 2.59. The molecule has 26 heavy (non-hydrogen) atoms. The van der Waals surface area contributed by atoms with E-state index in [0.29, 0.717) is 17.6 Å². The maximum atomic E-state index is 11.6. The largest absolute Gasteiger partial charge is 0.385 e. The molecule has 3 heteroatoms. The second-order valence-electron chi connectivity index (χ2n) is 7.95. The van der Waals surface area contributed by atoms with Gasteiger partial charge < -0.3 is 5.11 Å². The summed E-state index contributed by atoms with van der Waals surface area (Å²) in [7, 11) is 0. The Labute approximate surface area is 155 Å². The lowest BCUT2D eigenvalue weighted by atomic mass is 9.70. The molecule has 3 nitrogen and oxygen atoms in total. The average Bonchev–Trinajstić information content (AvgIpc) is 2.63. The second kappa shape index (κ2) is 6.87. The maximum Gasteiger partial charge on any atom is 0.0995 e. The van der Waals surface area contributed by atoms with E-state index in [1.807, 2.05) is 25.1 Å². The van der Waals surface area contributed by atoms with E-state index < -0.39 is 5.60 Å². The molecule has 2 saturated heterocycles. The van der Waals surface area contributed by atoms with Gasteiger partial charge in [-0.2, -0.15) is 5.26 Å². The van der Waals surface area contributed by atoms with Gasteiger partial charge in [0.15, 0.2) is 0 Å². The number of fused-ring (bicyclic) bond motifs is 2. The molecule has 0 spiro atoms. The van der Waals surface area contributed by atoms with Gasteiger partial charge in [0.2, 0.25) is 0 Å². The standard InChI is InChI=1S/C23H26N2O/c1-17-7-5-10-19(15-24)22(17)23(26)13-20-11-6-12-21(14-23)25(20)16-18-8-3-2-4-9-18/h2-5,7-10,20-21,26H,6,11-14,16H2,1H3. The van der Waals surface area contributed by atoms with Crippen molar-refractivity contribution < 1.29 is 5.11 Å². The van der Waals surface area contributed by atoms with E-state index in [9.17, 15) is 10.4 Å². The van der Waals surface area contributed by atoms with Crippen molar-refractivity contribution in [3.05, 3.63) is 70.8 Å². The number of hydrogen-bond acceptors (Lipinski definition) is 3. The zero-order valence-corrected chi connectivity index (χ0v) is 15.4. The molecule has 0 aromatic heterocycles. The Morgan fingerprint density at radius 2 is 1.77 bits per heavy atom. The van der Waals surface area contributed by atoms with E-state index in [0.717, 1.165) is 43.4 Å². The molecule has 2 aliphatic rings. The number of aryl methyl sites for hydroxylation is 1. The number of benzene rings is 2. The highest BCUT2D eigenvalue weighted by Crippen LogP contribution is 2.46. The molecule has 2 aliphatic heterocycles. The van der Waals surface area contributed by atoms with Gasteiger partial charge in [0.05, 0.1) is 17.2 Å². The Bertz CT molecular complexity index is 810. The Hall–Kier alpha value is -2.15. The van der Waals surface area contributed by atoms with Crippen LogP contribution in [0.5, 0.6) is 0 Å². The first kappa shape index (κ1) is 17.3. The minimum Gasteiger partial charge on any atom is -0.385 e. The van der Waals surface area contributed by atoms with Crippen LogP contribution in [0, 0.1) is 18.3 Å². The molecule has 2 fully saturated rings. The van der Waals surface area contributed by atoms with Crippen LogP contribution in [-0.4, -0.2) is 22.1 Å². The van der Waals surface area contributed by atoms with Gasteiger partial charge in [-0.1, -0.05) is 48.9 Å². The molecular weight excluding hydrogens is 320 g/mol. The molecule has 2 aromatic carbocycles. The number of nitriles is 1. The summed E-state index contributed by atoms with van der Waals surface area (Å²) in [5.41, 5.74) is 2.96. The SMILES string of the molecule is Cc1cccc(C#N)c1C1(O)CC2CCCC(C1)N2Cc1ccccc1. The van der Waals surface area contributed by atoms with Crippen LogP contribution >= 0.6 is 0 Å². The molecular formula is C23H26N2O. The number of piperidine rings is 2. The van der Waals surface area contributed by atoms with E-state index in [2.05, 4.69) is 41.3 Å². The van der Waals surface area contributed by atoms with Crippen LogP contribution in [0.1, 0.15) is 54.4 Å². The van der Waals surface area contributed by atoms with Crippen molar-refractivity contribution in [1.82, 2.24) is 4.90 Å². The van der Waals surface area contributed by atoms with Crippen molar-refractivity contribution in [3.63, 3.8) is 0 Å². The maximum absolute atomic E-state index is 11.6. The van der Waals surface area contributed by atoms with Crippen molar-refractivity contribution >= 4 is 0 Å². The Balaban J connectivity index is 1.65. The third-order valence-electron chi connectivity index (χ3n) is 6.23. The Morgan fingerprint density at radius 3 is 2.42 bits per heavy atom. The molecule has 2 unspecified atom stereocenters. The fourth-order valence-corrected chi connectivity index (χ4v) is 5.16. The molecule has 0 radical (unpaired) electrons. The van der Waals surface area contributed by atoms with Crippen LogP contribution < -0.4 is 0 Å². The molecule has 0 aliphatic carbocycles. The van der Waals surface area contributed by atoms with E-state index >= 15 is 0 Å². The first-order valence-electron chi connectivity index (χ1n) is 9.63. The number of hydrogen-bond donors (Lipinski definition) is 1. The quantitative estimate of drug-likeness (QED) is 0.903. The predicted molar refractivity (Wildman–Crippen MR) is 102 cm³/mol. The second-order valence-corrected chi connectivity index (χ2v) is 7.95. The van der Waals surface area contributed by atoms with Crippen LogP contribution in [0.2, 0.25) is 0 Å². The smallest absolute Gasteiger partial charge is 0.0995 e. The summed E-state index contributed by atoms with van der Waals surface area (Å²) >= 11 is 0. The lowest BCUT2D eigenvalue weighted by molar-refractivity contribution is -0.100. The van der Waals surface area contributed by atoms with Crippen molar-refractivity contribution in [1.29, 1.82) is 5.26 Å². The lowest BCUT2D eigenvalue weighted by Gasteiger charge is -2.52. The third kappa shape index (κ3) is 3.05. The van der Waals surface area contributed by atoms with Crippen molar-refractivity contribution in [2.24, 2.45) is 0 Å². The first-order valence-corrected chi connectivity index (χ1v) is 9.63. The van der Waals surface area contributed by atoms with E-state index in [1.54, 1.807) is 0 Å². The van der Waals surface area contributed by atoms with Gasteiger partial charge >= 0.3 is 0 Å². The normalized spacial score (nSPS) is 28.5. The van der Waals surface area contributed by atoms with Gasteiger partial charge in [-0.25, -0.2) is 0 Å². The van der Waals surface area contributed by atoms with E-state index in [1.165, 1.54) is 12.0 Å². The summed E-state index contributed by atoms with van der Waals surface area (Å²) in [6.45, 7) is 2.96. The van der Waals surface area contributed by atoms with Crippen LogP contribution in [0.4, 0.5) is 0 Å². The zero-order valence-electron chi connectivity index (χ0n) is 15.4. The van der Waals surface area contributed by atoms with Crippen LogP contribution in [0.15, 0.2) is 48.5 Å². The Kier molecular flexibility index (Phi) is 4.56. The van der Waals surface area contributed by atoms with Crippen molar-refractivity contribution in [2.75, 3.05) is 0 Å². The topological polar surface area (TPSA) is 47.3 Å². The summed E-state index contributed by atoms with van der Waals surface area (Å²) < 4.78 is 0. The Morgan fingerprint density at radius 1 is 1.08 bits per heavy atom. The number of aliphatic hydroxyl groups is 1. The summed E-state index contributed by atoms with van der Waals surface area (Å²) in [5.74, 6) is 0. The molecule has 1 N–H and O–H groups in total. The van der Waals surface area contributed by atoms with Gasteiger partial charge in [-0.3, -0.25) is 4.90 Å². The fraction of sp³-hybridized carbons (Fsp3) is 0.435. The van der Waals surface area contributed by atoms with Crippen LogP contribution in [-0.2, 0) is 12.1 Å². The molecule has 2 atom stereocenters. The molecule has 0 saturated carbocycles. The third-order valence-corrected chi connectivity index (χ3v) is 6.23. The molecule has 2 bridgehead atoms. The number of rotatable bonds is 3. The average molecular weight is 346 g/mol. The molecule has 134 valence electrons. The highest BCUT2D eigenvalue weighted by Gasteiger charge is 2.47. The van der Waals surface area contributed by atoms with Gasteiger partial charge in [0, 0.05) is 24.2 Å². The molecule has 2 aromatic rings. The summed E-state index contributed by atoms with van der Waals surface area (Å²) in [6.07, 6.45) is 4.92. The van der Waals surface area contributed by atoms with Crippen LogP contribution in [0.3, 0.4) is 0 Å². The van der Waals surface area contributed by atoms with Gasteiger partial charge in [-0.05, 0) is 49.8 Å². The first-order chi connectivity index (χ1) is 12.6. The van der Waals surface area contributed by atoms with E-state index in [-0.39, 0.29) is 0 Å². The lowest BCUT2D eigenvalue weighted by Crippen LogP contribution is -2.56. The van der Waals surface area contributed by atoms with E-state index in [4.69, 9.17) is 0 Å². The number of nitrogens with zero attached hydrogens (tertiary/aromatic N) is 2. The molecule has 4 rings (SSSR count). The highest BCUT2D eigenvalue weighted by atomic mass is 16.3. The zero-order chi connectivity index (χ0) is 18.1. The van der Waals surface area contributed by atoms with Gasteiger partial charge in [0.1, 0.15) is 0 Å². The van der Waals surface area contributed by atoms with Gasteiger partial charge in [-0.15, -0.1) is 0 Å². The van der Waals surface area contributed by atoms with Crippen molar-refractivity contribution in [3.8, 4) is 6.07 Å².